The van der Waals surface area contributed by atoms with E-state index < -0.39 is 17.5 Å². The molecule has 0 bridgehead atoms. The molecule has 1 saturated carbocycles. The van der Waals surface area contributed by atoms with Crippen molar-refractivity contribution in [1.82, 2.24) is 4.90 Å². The molecule has 2 fully saturated rings. The number of rotatable bonds is 4. The van der Waals surface area contributed by atoms with Crippen molar-refractivity contribution in [2.45, 2.75) is 38.2 Å². The van der Waals surface area contributed by atoms with E-state index in [-0.39, 0.29) is 11.9 Å². The van der Waals surface area contributed by atoms with Crippen LogP contribution in [0.25, 0.3) is 0 Å². The molecule has 0 atom stereocenters. The fraction of sp³-hybridized carbons (Fsp3) is 0.579. The first-order valence-corrected chi connectivity index (χ1v) is 9.01. The van der Waals surface area contributed by atoms with Crippen LogP contribution in [0.2, 0.25) is 0 Å². The minimum Gasteiger partial charge on any atom is -0.481 e. The lowest BCUT2D eigenvalue weighted by molar-refractivity contribution is -0.169. The highest BCUT2D eigenvalue weighted by Crippen LogP contribution is 2.46. The lowest BCUT2D eigenvalue weighted by Crippen LogP contribution is -2.56. The molecular weight excluding hydrogens is 320 g/mol. The fourth-order valence-electron chi connectivity index (χ4n) is 4.12. The van der Waals surface area contributed by atoms with Crippen LogP contribution in [-0.4, -0.2) is 52.3 Å². The zero-order valence-electron chi connectivity index (χ0n) is 14.6. The summed E-state index contributed by atoms with van der Waals surface area (Å²) in [5.74, 6) is -1.16. The Bertz CT molecular complexity index is 620. The van der Waals surface area contributed by atoms with Gasteiger partial charge in [-0.05, 0) is 50.7 Å². The molecule has 1 aliphatic heterocycles. The van der Waals surface area contributed by atoms with Crippen molar-refractivity contribution >= 4 is 17.7 Å². The van der Waals surface area contributed by atoms with Gasteiger partial charge in [0.2, 0.25) is 0 Å². The summed E-state index contributed by atoms with van der Waals surface area (Å²) in [6, 6.07) is 9.62. The highest BCUT2D eigenvalue weighted by Gasteiger charge is 2.51. The zero-order chi connectivity index (χ0) is 18.0. The molecule has 1 aromatic rings. The quantitative estimate of drug-likeness (QED) is 0.878. The topological polar surface area (TPSA) is 81.1 Å². The third kappa shape index (κ3) is 3.49. The summed E-state index contributed by atoms with van der Waals surface area (Å²) in [6.45, 7) is 3.77. The second-order valence-corrected chi connectivity index (χ2v) is 7.17. The lowest BCUT2D eigenvalue weighted by Gasteiger charge is -2.49. The summed E-state index contributed by atoms with van der Waals surface area (Å²) in [7, 11) is 0. The highest BCUT2D eigenvalue weighted by molar-refractivity contribution is 5.92. The number of carbonyl (C=O) groups excluding carboxylic acids is 1. The largest absolute Gasteiger partial charge is 0.481 e. The van der Waals surface area contributed by atoms with Crippen LogP contribution in [0.4, 0.5) is 10.5 Å². The predicted octanol–water partition coefficient (Wildman–Crippen LogP) is 2.57. The lowest BCUT2D eigenvalue weighted by atomic mass is 9.62. The third-order valence-electron chi connectivity index (χ3n) is 5.69. The number of carboxylic acids is 1. The molecule has 0 unspecified atom stereocenters. The number of hydrogen-bond donors (Lipinski definition) is 2. The Kier molecular flexibility index (Phi) is 4.99. The number of para-hydroxylation sites is 1. The molecule has 25 heavy (non-hydrogen) atoms. The summed E-state index contributed by atoms with van der Waals surface area (Å²) >= 11 is 0. The number of aliphatic carboxylic acids is 1. The molecule has 1 aliphatic carbocycles. The van der Waals surface area contributed by atoms with E-state index in [2.05, 4.69) is 0 Å². The average Bonchev–Trinajstić information content (AvgIpc) is 2.60. The number of piperidine rings is 1. The van der Waals surface area contributed by atoms with E-state index in [9.17, 15) is 14.7 Å². The number of hydrogen-bond acceptors (Lipinski definition) is 3. The number of nitrogens with zero attached hydrogens (tertiary/aromatic N) is 2. The van der Waals surface area contributed by atoms with Gasteiger partial charge in [0.1, 0.15) is 0 Å². The van der Waals surface area contributed by atoms with E-state index in [4.69, 9.17) is 5.11 Å². The van der Waals surface area contributed by atoms with Crippen molar-refractivity contribution < 1.29 is 19.8 Å². The van der Waals surface area contributed by atoms with Gasteiger partial charge in [0.25, 0.3) is 0 Å². The first kappa shape index (κ1) is 17.7. The number of benzene rings is 1. The second-order valence-electron chi connectivity index (χ2n) is 7.17. The van der Waals surface area contributed by atoms with Crippen molar-refractivity contribution in [3.63, 3.8) is 0 Å². The molecule has 1 aromatic carbocycles. The molecule has 3 rings (SSSR count). The molecule has 0 spiro atoms. The van der Waals surface area contributed by atoms with Crippen LogP contribution in [-0.2, 0) is 4.79 Å². The van der Waals surface area contributed by atoms with Gasteiger partial charge in [-0.25, -0.2) is 4.79 Å². The smallest absolute Gasteiger partial charge is 0.324 e. The minimum absolute atomic E-state index is 0.00355. The van der Waals surface area contributed by atoms with E-state index >= 15 is 0 Å². The van der Waals surface area contributed by atoms with Gasteiger partial charge < -0.3 is 15.1 Å². The number of aliphatic hydroxyl groups is 1. The molecule has 1 heterocycles. The monoisotopic (exact) mass is 346 g/mol. The Labute approximate surface area is 148 Å². The van der Waals surface area contributed by atoms with Gasteiger partial charge >= 0.3 is 12.0 Å². The Hall–Kier alpha value is -2.08. The number of likely N-dealkylation sites (tertiary alicyclic amines) is 1. The SMILES string of the molecule is CCN(C(=O)N1CCC(C2(O)CC(C(=O)O)C2)CC1)c1ccccc1. The maximum absolute atomic E-state index is 12.8. The molecule has 6 nitrogen and oxygen atoms in total. The van der Waals surface area contributed by atoms with E-state index in [1.54, 1.807) is 4.90 Å². The summed E-state index contributed by atoms with van der Waals surface area (Å²) in [4.78, 5) is 27.4. The van der Waals surface area contributed by atoms with Gasteiger partial charge in [-0.3, -0.25) is 9.69 Å². The van der Waals surface area contributed by atoms with Gasteiger partial charge in [0.15, 0.2) is 0 Å². The van der Waals surface area contributed by atoms with Crippen LogP contribution >= 0.6 is 0 Å². The fourth-order valence-corrected chi connectivity index (χ4v) is 4.12. The summed E-state index contributed by atoms with van der Waals surface area (Å²) < 4.78 is 0. The molecule has 2 N–H and O–H groups in total. The van der Waals surface area contributed by atoms with Crippen LogP contribution in [0.15, 0.2) is 30.3 Å². The van der Waals surface area contributed by atoms with Crippen molar-refractivity contribution in [3.05, 3.63) is 30.3 Å². The van der Waals surface area contributed by atoms with Crippen LogP contribution < -0.4 is 4.90 Å². The van der Waals surface area contributed by atoms with Gasteiger partial charge in [0.05, 0.1) is 11.5 Å². The third-order valence-corrected chi connectivity index (χ3v) is 5.69. The standard InChI is InChI=1S/C19H26N2O4/c1-2-21(16-6-4-3-5-7-16)18(24)20-10-8-15(9-11-20)19(25)12-14(13-19)17(22)23/h3-7,14-15,25H,2,8-13H2,1H3,(H,22,23). The Morgan fingerprint density at radius 2 is 1.80 bits per heavy atom. The number of anilines is 1. The number of urea groups is 1. The molecule has 6 heteroatoms. The van der Waals surface area contributed by atoms with Crippen molar-refractivity contribution in [2.75, 3.05) is 24.5 Å². The number of carbonyl (C=O) groups is 2. The van der Waals surface area contributed by atoms with Gasteiger partial charge in [0, 0.05) is 25.3 Å². The van der Waals surface area contributed by atoms with Crippen molar-refractivity contribution in [1.29, 1.82) is 0 Å². The molecule has 2 aliphatic rings. The zero-order valence-corrected chi connectivity index (χ0v) is 14.6. The first-order valence-electron chi connectivity index (χ1n) is 9.01. The molecular formula is C19H26N2O4. The maximum Gasteiger partial charge on any atom is 0.324 e. The van der Waals surface area contributed by atoms with E-state index in [1.807, 2.05) is 42.2 Å². The molecule has 1 saturated heterocycles. The number of amides is 2. The summed E-state index contributed by atoms with van der Waals surface area (Å²) in [5, 5.41) is 19.6. The van der Waals surface area contributed by atoms with Crippen LogP contribution in [0.1, 0.15) is 32.6 Å². The van der Waals surface area contributed by atoms with Crippen LogP contribution in [0, 0.1) is 11.8 Å². The Morgan fingerprint density at radius 1 is 1.20 bits per heavy atom. The van der Waals surface area contributed by atoms with Crippen LogP contribution in [0.3, 0.4) is 0 Å². The van der Waals surface area contributed by atoms with Gasteiger partial charge in [-0.1, -0.05) is 18.2 Å². The predicted molar refractivity (Wildman–Crippen MR) is 94.5 cm³/mol. The van der Waals surface area contributed by atoms with Gasteiger partial charge in [-0.15, -0.1) is 0 Å². The van der Waals surface area contributed by atoms with E-state index in [0.29, 0.717) is 32.5 Å². The summed E-state index contributed by atoms with van der Waals surface area (Å²) in [5.41, 5.74) is 0.0289. The van der Waals surface area contributed by atoms with E-state index in [1.165, 1.54) is 0 Å². The first-order chi connectivity index (χ1) is 11.9. The molecule has 0 aromatic heterocycles. The second kappa shape index (κ2) is 7.04. The molecule has 0 radical (unpaired) electrons. The Morgan fingerprint density at radius 3 is 2.32 bits per heavy atom. The maximum atomic E-state index is 12.8. The van der Waals surface area contributed by atoms with Crippen molar-refractivity contribution in [2.24, 2.45) is 11.8 Å². The normalized spacial score (nSPS) is 26.8. The molecule has 136 valence electrons. The van der Waals surface area contributed by atoms with E-state index in [0.717, 1.165) is 18.5 Å². The van der Waals surface area contributed by atoms with Crippen molar-refractivity contribution in [3.8, 4) is 0 Å². The summed E-state index contributed by atoms with van der Waals surface area (Å²) in [6.07, 6.45) is 2.12. The van der Waals surface area contributed by atoms with Crippen LogP contribution in [0.5, 0.6) is 0 Å². The number of carboxylic acid groups (broad SMARTS) is 1. The average molecular weight is 346 g/mol. The minimum atomic E-state index is -0.859. The highest BCUT2D eigenvalue weighted by atomic mass is 16.4. The molecule has 2 amide bonds. The Balaban J connectivity index is 1.57. The van der Waals surface area contributed by atoms with Gasteiger partial charge in [-0.2, -0.15) is 0 Å².